The fraction of sp³-hybridized carbons (Fsp3) is 0.300. The van der Waals surface area contributed by atoms with E-state index in [0.29, 0.717) is 16.3 Å². The van der Waals surface area contributed by atoms with E-state index in [1.165, 1.54) is 31.2 Å². The minimum absolute atomic E-state index is 0.0386. The molecule has 0 aliphatic carbocycles. The summed E-state index contributed by atoms with van der Waals surface area (Å²) in [5.74, 6) is -0.953. The van der Waals surface area contributed by atoms with Gasteiger partial charge in [0.2, 0.25) is 5.91 Å². The van der Waals surface area contributed by atoms with Crippen molar-refractivity contribution in [2.24, 2.45) is 0 Å². The van der Waals surface area contributed by atoms with Crippen LogP contribution >= 0.6 is 11.6 Å². The van der Waals surface area contributed by atoms with Crippen LogP contribution in [0.4, 0.5) is 11.4 Å². The molecule has 156 valence electrons. The number of rotatable bonds is 7. The van der Waals surface area contributed by atoms with E-state index in [-0.39, 0.29) is 22.6 Å². The molecule has 0 heterocycles. The first-order valence-corrected chi connectivity index (χ1v) is 10.7. The lowest BCUT2D eigenvalue weighted by Crippen LogP contribution is -2.37. The summed E-state index contributed by atoms with van der Waals surface area (Å²) in [6.07, 6.45) is -0.385. The molecule has 7 nitrogen and oxygen atoms in total. The SMILES string of the molecule is CC(=O)Nc1ccc(S(=O)(=O)N(CC(=O)OC(C)C)c2cccc(Cl)c2C)cc1. The Morgan fingerprint density at radius 1 is 1.14 bits per heavy atom. The van der Waals surface area contributed by atoms with Crippen molar-refractivity contribution in [3.63, 3.8) is 0 Å². The van der Waals surface area contributed by atoms with Crippen molar-refractivity contribution in [3.05, 3.63) is 53.1 Å². The first-order chi connectivity index (χ1) is 13.5. The lowest BCUT2D eigenvalue weighted by Gasteiger charge is -2.26. The number of carbonyl (C=O) groups excluding carboxylic acids is 2. The van der Waals surface area contributed by atoms with Crippen LogP contribution in [0, 0.1) is 6.92 Å². The highest BCUT2D eigenvalue weighted by atomic mass is 35.5. The van der Waals surface area contributed by atoms with Gasteiger partial charge < -0.3 is 10.1 Å². The lowest BCUT2D eigenvalue weighted by molar-refractivity contribution is -0.145. The van der Waals surface area contributed by atoms with Crippen LogP contribution in [0.3, 0.4) is 0 Å². The maximum atomic E-state index is 13.3. The minimum atomic E-state index is -4.11. The van der Waals surface area contributed by atoms with Gasteiger partial charge in [0.05, 0.1) is 16.7 Å². The van der Waals surface area contributed by atoms with E-state index in [9.17, 15) is 18.0 Å². The molecule has 1 N–H and O–H groups in total. The summed E-state index contributed by atoms with van der Waals surface area (Å²) in [6, 6.07) is 10.5. The van der Waals surface area contributed by atoms with Crippen LogP contribution < -0.4 is 9.62 Å². The van der Waals surface area contributed by atoms with Gasteiger partial charge in [0.1, 0.15) is 6.54 Å². The largest absolute Gasteiger partial charge is 0.462 e. The Morgan fingerprint density at radius 3 is 2.31 bits per heavy atom. The molecular formula is C20H23ClN2O5S. The number of sulfonamides is 1. The zero-order valence-electron chi connectivity index (χ0n) is 16.6. The Kier molecular flexibility index (Phi) is 7.26. The summed E-state index contributed by atoms with van der Waals surface area (Å²) in [5, 5.41) is 2.95. The summed E-state index contributed by atoms with van der Waals surface area (Å²) in [6.45, 7) is 5.89. The molecule has 2 aromatic rings. The van der Waals surface area contributed by atoms with Crippen molar-refractivity contribution in [1.29, 1.82) is 0 Å². The second-order valence-corrected chi connectivity index (χ2v) is 8.91. The van der Waals surface area contributed by atoms with Crippen molar-refractivity contribution in [2.45, 2.75) is 38.7 Å². The molecule has 29 heavy (non-hydrogen) atoms. The van der Waals surface area contributed by atoms with E-state index in [1.807, 2.05) is 0 Å². The van der Waals surface area contributed by atoms with Crippen LogP contribution in [-0.4, -0.2) is 32.9 Å². The van der Waals surface area contributed by atoms with Crippen LogP contribution in [0.15, 0.2) is 47.4 Å². The van der Waals surface area contributed by atoms with Gasteiger partial charge in [-0.15, -0.1) is 0 Å². The number of esters is 1. The van der Waals surface area contributed by atoms with E-state index in [1.54, 1.807) is 39.0 Å². The highest BCUT2D eigenvalue weighted by Gasteiger charge is 2.29. The first-order valence-electron chi connectivity index (χ1n) is 8.87. The van der Waals surface area contributed by atoms with Gasteiger partial charge in [0.15, 0.2) is 0 Å². The molecule has 0 atom stereocenters. The molecule has 0 aliphatic heterocycles. The van der Waals surface area contributed by atoms with E-state index in [0.717, 1.165) is 4.31 Å². The average molecular weight is 439 g/mol. The van der Waals surface area contributed by atoms with Crippen molar-refractivity contribution < 1.29 is 22.7 Å². The molecule has 0 spiro atoms. The molecule has 0 radical (unpaired) electrons. The second-order valence-electron chi connectivity index (χ2n) is 6.64. The highest BCUT2D eigenvalue weighted by Crippen LogP contribution is 2.31. The zero-order chi connectivity index (χ0) is 21.8. The number of carbonyl (C=O) groups is 2. The molecule has 0 bridgehead atoms. The number of ether oxygens (including phenoxy) is 1. The fourth-order valence-corrected chi connectivity index (χ4v) is 4.26. The van der Waals surface area contributed by atoms with Gasteiger partial charge in [-0.1, -0.05) is 17.7 Å². The third-order valence-electron chi connectivity index (χ3n) is 3.91. The summed E-state index contributed by atoms with van der Waals surface area (Å²) in [7, 11) is -4.11. The first kappa shape index (κ1) is 22.7. The molecule has 0 saturated heterocycles. The van der Waals surface area contributed by atoms with Gasteiger partial charge >= 0.3 is 5.97 Å². The van der Waals surface area contributed by atoms with Crippen molar-refractivity contribution in [3.8, 4) is 0 Å². The summed E-state index contributed by atoms with van der Waals surface area (Å²) in [4.78, 5) is 23.4. The Labute approximate surface area is 175 Å². The minimum Gasteiger partial charge on any atom is -0.462 e. The lowest BCUT2D eigenvalue weighted by atomic mass is 10.2. The molecule has 0 saturated carbocycles. The number of nitrogens with zero attached hydrogens (tertiary/aromatic N) is 1. The van der Waals surface area contributed by atoms with E-state index in [2.05, 4.69) is 5.32 Å². The molecule has 9 heteroatoms. The molecule has 0 aromatic heterocycles. The van der Waals surface area contributed by atoms with E-state index in [4.69, 9.17) is 16.3 Å². The van der Waals surface area contributed by atoms with Crippen LogP contribution in [0.5, 0.6) is 0 Å². The maximum absolute atomic E-state index is 13.3. The number of anilines is 2. The number of hydrogen-bond acceptors (Lipinski definition) is 5. The van der Waals surface area contributed by atoms with Crippen LogP contribution in [0.1, 0.15) is 26.3 Å². The van der Waals surface area contributed by atoms with Gasteiger partial charge in [-0.2, -0.15) is 0 Å². The quantitative estimate of drug-likeness (QED) is 0.664. The number of hydrogen-bond donors (Lipinski definition) is 1. The Hall–Kier alpha value is -2.58. The number of amides is 1. The molecule has 1 amide bonds. The van der Waals surface area contributed by atoms with E-state index >= 15 is 0 Å². The molecule has 0 fully saturated rings. The number of halogens is 1. The van der Waals surface area contributed by atoms with Gasteiger partial charge in [-0.3, -0.25) is 13.9 Å². The Bertz CT molecular complexity index is 1000. The smallest absolute Gasteiger partial charge is 0.327 e. The molecule has 2 aromatic carbocycles. The van der Waals surface area contributed by atoms with Crippen LogP contribution in [-0.2, 0) is 24.3 Å². The predicted octanol–water partition coefficient (Wildman–Crippen LogP) is 3.75. The van der Waals surface area contributed by atoms with Gasteiger partial charge in [-0.25, -0.2) is 8.42 Å². The van der Waals surface area contributed by atoms with Crippen LogP contribution in [0.2, 0.25) is 5.02 Å². The molecule has 2 rings (SSSR count). The van der Waals surface area contributed by atoms with Gasteiger partial charge in [-0.05, 0) is 62.7 Å². The summed E-state index contributed by atoms with van der Waals surface area (Å²) in [5.41, 5.74) is 1.26. The van der Waals surface area contributed by atoms with E-state index < -0.39 is 22.5 Å². The number of benzene rings is 2. The average Bonchev–Trinajstić information content (AvgIpc) is 2.61. The molecular weight excluding hydrogens is 416 g/mol. The zero-order valence-corrected chi connectivity index (χ0v) is 18.2. The van der Waals surface area contributed by atoms with Crippen molar-refractivity contribution in [1.82, 2.24) is 0 Å². The maximum Gasteiger partial charge on any atom is 0.327 e. The van der Waals surface area contributed by atoms with Gasteiger partial charge in [0.25, 0.3) is 10.0 Å². The number of nitrogens with one attached hydrogen (secondary N) is 1. The molecule has 0 unspecified atom stereocenters. The fourth-order valence-electron chi connectivity index (χ4n) is 2.62. The second kappa shape index (κ2) is 9.28. The predicted molar refractivity (Wildman–Crippen MR) is 113 cm³/mol. The van der Waals surface area contributed by atoms with Crippen LogP contribution in [0.25, 0.3) is 0 Å². The normalized spacial score (nSPS) is 11.2. The Balaban J connectivity index is 2.49. The Morgan fingerprint density at radius 2 is 1.76 bits per heavy atom. The third-order valence-corrected chi connectivity index (χ3v) is 6.09. The van der Waals surface area contributed by atoms with Gasteiger partial charge in [0, 0.05) is 17.6 Å². The summed E-state index contributed by atoms with van der Waals surface area (Å²) >= 11 is 6.17. The third kappa shape index (κ3) is 5.71. The van der Waals surface area contributed by atoms with Crippen molar-refractivity contribution in [2.75, 3.05) is 16.2 Å². The van der Waals surface area contributed by atoms with Crippen molar-refractivity contribution >= 4 is 44.9 Å². The monoisotopic (exact) mass is 438 g/mol. The topological polar surface area (TPSA) is 92.8 Å². The highest BCUT2D eigenvalue weighted by molar-refractivity contribution is 7.92. The summed E-state index contributed by atoms with van der Waals surface area (Å²) < 4.78 is 32.8. The molecule has 0 aliphatic rings. The standard InChI is InChI=1S/C20H23ClN2O5S/c1-13(2)28-20(25)12-23(19-7-5-6-18(21)14(19)3)29(26,27)17-10-8-16(9-11-17)22-15(4)24/h5-11,13H,12H2,1-4H3,(H,22,24).